The van der Waals surface area contributed by atoms with E-state index in [2.05, 4.69) is 15.0 Å². The van der Waals surface area contributed by atoms with Gasteiger partial charge in [0.2, 0.25) is 0 Å². The molecule has 0 unspecified atom stereocenters. The predicted octanol–water partition coefficient (Wildman–Crippen LogP) is 3.25. The molecule has 178 valence electrons. The topological polar surface area (TPSA) is 110 Å². The third-order valence-corrected chi connectivity index (χ3v) is 5.34. The van der Waals surface area contributed by atoms with Crippen molar-refractivity contribution in [2.75, 3.05) is 19.0 Å². The Balaban J connectivity index is 1.82. The molecule has 0 aromatic heterocycles. The van der Waals surface area contributed by atoms with E-state index in [1.807, 2.05) is 63.4 Å². The summed E-state index contributed by atoms with van der Waals surface area (Å²) < 4.78 is 7.26. The Morgan fingerprint density at radius 2 is 1.79 bits per heavy atom. The number of carbonyl (C=O) groups excluding carboxylic acids is 1. The summed E-state index contributed by atoms with van der Waals surface area (Å²) in [6.45, 7) is 8.16. The lowest BCUT2D eigenvalue weighted by Gasteiger charge is -2.21. The van der Waals surface area contributed by atoms with Crippen LogP contribution in [-0.2, 0) is 16.1 Å². The third-order valence-electron chi connectivity index (χ3n) is 5.34. The maximum Gasteiger partial charge on any atom is 0.349 e. The van der Waals surface area contributed by atoms with Gasteiger partial charge in [-0.15, -0.1) is 0 Å². The monoisotopic (exact) mass is 455 g/mol. The molecule has 2 heterocycles. The molecule has 0 saturated heterocycles. The van der Waals surface area contributed by atoms with Gasteiger partial charge in [-0.05, 0) is 58.2 Å². The van der Waals surface area contributed by atoms with Crippen LogP contribution in [0.25, 0.3) is 22.6 Å². The van der Waals surface area contributed by atoms with Gasteiger partial charge < -0.3 is 14.2 Å². The highest BCUT2D eigenvalue weighted by molar-refractivity contribution is 5.84. The summed E-state index contributed by atoms with van der Waals surface area (Å²) in [6.07, 6.45) is 3.73. The number of anilines is 1. The zero-order valence-electron chi connectivity index (χ0n) is 20.3. The average molecular weight is 456 g/mol. The predicted molar refractivity (Wildman–Crippen MR) is 129 cm³/mol. The minimum Gasteiger partial charge on any atom is -0.460 e. The van der Waals surface area contributed by atoms with E-state index in [1.165, 1.54) is 0 Å². The van der Waals surface area contributed by atoms with Gasteiger partial charge in [0.25, 0.3) is 5.56 Å². The van der Waals surface area contributed by atoms with Crippen LogP contribution in [0, 0.1) is 6.92 Å². The van der Waals surface area contributed by atoms with Crippen molar-refractivity contribution in [3.05, 3.63) is 38.5 Å². The number of hydrogen-bond donors (Lipinski definition) is 1. The van der Waals surface area contributed by atoms with E-state index >= 15 is 0 Å². The number of carbonyl (C=O) groups is 1. The minimum absolute atomic E-state index is 0.157. The van der Waals surface area contributed by atoms with Crippen LogP contribution in [0.3, 0.4) is 0 Å². The Morgan fingerprint density at radius 1 is 1.09 bits per heavy atom. The second-order valence-corrected chi connectivity index (χ2v) is 9.58. The van der Waals surface area contributed by atoms with Crippen molar-refractivity contribution < 1.29 is 9.53 Å². The lowest BCUT2D eigenvalue weighted by atomic mass is 10.1. The number of esters is 1. The molecule has 0 bridgehead atoms. The SMILES string of the molecule is Cc1cc2nc3c(=O)[nH]c(=O)nc-3n(CCCCCCC(=O)OC(C)(C)C)c2cc1N(C)C. The number of fused-ring (bicyclic) bond motifs is 2. The van der Waals surface area contributed by atoms with Crippen LogP contribution in [0.1, 0.15) is 58.4 Å². The normalized spacial score (nSPS) is 11.8. The van der Waals surface area contributed by atoms with Gasteiger partial charge in [0.15, 0.2) is 11.5 Å². The van der Waals surface area contributed by atoms with Crippen molar-refractivity contribution >= 4 is 22.7 Å². The molecular weight excluding hydrogens is 422 g/mol. The van der Waals surface area contributed by atoms with Crippen LogP contribution in [0.4, 0.5) is 5.69 Å². The molecule has 0 radical (unpaired) electrons. The first-order valence-corrected chi connectivity index (χ1v) is 11.3. The Labute approximate surface area is 193 Å². The Hall–Kier alpha value is -3.23. The van der Waals surface area contributed by atoms with Crippen molar-refractivity contribution in [3.63, 3.8) is 0 Å². The fourth-order valence-electron chi connectivity index (χ4n) is 3.93. The van der Waals surface area contributed by atoms with Gasteiger partial charge in [-0.25, -0.2) is 9.78 Å². The van der Waals surface area contributed by atoms with Crippen molar-refractivity contribution in [2.24, 2.45) is 0 Å². The molecule has 0 atom stereocenters. The molecule has 9 nitrogen and oxygen atoms in total. The lowest BCUT2D eigenvalue weighted by molar-refractivity contribution is -0.154. The van der Waals surface area contributed by atoms with Crippen LogP contribution in [0.2, 0.25) is 0 Å². The number of benzene rings is 1. The average Bonchev–Trinajstić information content (AvgIpc) is 2.68. The van der Waals surface area contributed by atoms with Crippen LogP contribution < -0.4 is 16.1 Å². The number of aryl methyl sites for hydroxylation is 2. The number of aromatic amines is 1. The van der Waals surface area contributed by atoms with Crippen LogP contribution in [0.5, 0.6) is 0 Å². The number of rotatable bonds is 8. The number of ether oxygens (including phenoxy) is 1. The van der Waals surface area contributed by atoms with E-state index in [1.54, 1.807) is 0 Å². The molecule has 0 spiro atoms. The number of hydrogen-bond acceptors (Lipinski definition) is 7. The molecule has 3 rings (SSSR count). The fraction of sp³-hybridized carbons (Fsp3) is 0.542. The fourth-order valence-corrected chi connectivity index (χ4v) is 3.93. The van der Waals surface area contributed by atoms with E-state index < -0.39 is 16.9 Å². The zero-order chi connectivity index (χ0) is 24.3. The highest BCUT2D eigenvalue weighted by Crippen LogP contribution is 2.28. The molecule has 0 fully saturated rings. The maximum absolute atomic E-state index is 12.4. The van der Waals surface area contributed by atoms with E-state index in [4.69, 9.17) is 4.74 Å². The second kappa shape index (κ2) is 9.72. The number of H-pyrrole nitrogens is 1. The highest BCUT2D eigenvalue weighted by Gasteiger charge is 2.20. The number of unbranched alkanes of at least 4 members (excludes halogenated alkanes) is 3. The Kier molecular flexibility index (Phi) is 7.19. The van der Waals surface area contributed by atoms with E-state index in [0.717, 1.165) is 42.5 Å². The largest absolute Gasteiger partial charge is 0.460 e. The first-order valence-electron chi connectivity index (χ1n) is 11.3. The molecule has 33 heavy (non-hydrogen) atoms. The van der Waals surface area contributed by atoms with E-state index in [0.29, 0.717) is 24.3 Å². The highest BCUT2D eigenvalue weighted by atomic mass is 16.6. The summed E-state index contributed by atoms with van der Waals surface area (Å²) >= 11 is 0. The van der Waals surface area contributed by atoms with Gasteiger partial charge in [-0.2, -0.15) is 4.98 Å². The molecule has 0 amide bonds. The molecule has 1 aromatic rings. The van der Waals surface area contributed by atoms with Gasteiger partial charge in [0.1, 0.15) is 5.60 Å². The van der Waals surface area contributed by atoms with Gasteiger partial charge in [0, 0.05) is 32.7 Å². The standard InChI is InChI=1S/C24H33N5O4/c1-15-13-16-18(14-17(15)28(5)6)29(21-20(25-16)22(31)27-23(32)26-21)12-10-8-7-9-11-19(30)33-24(2,3)4/h13-14H,7-12H2,1-6H3,(H,27,31,32). The lowest BCUT2D eigenvalue weighted by Crippen LogP contribution is -2.29. The molecule has 9 heteroatoms. The first-order chi connectivity index (χ1) is 15.5. The Morgan fingerprint density at radius 3 is 2.45 bits per heavy atom. The smallest absolute Gasteiger partial charge is 0.349 e. The Bertz CT molecular complexity index is 1240. The van der Waals surface area contributed by atoms with Gasteiger partial charge in [0.05, 0.1) is 11.0 Å². The van der Waals surface area contributed by atoms with E-state index in [-0.39, 0.29) is 11.7 Å². The van der Waals surface area contributed by atoms with Crippen LogP contribution in [-0.4, -0.2) is 45.2 Å². The minimum atomic E-state index is -0.681. The van der Waals surface area contributed by atoms with Crippen LogP contribution >= 0.6 is 0 Å². The van der Waals surface area contributed by atoms with Crippen molar-refractivity contribution in [2.45, 2.75) is 71.9 Å². The van der Waals surface area contributed by atoms with Crippen molar-refractivity contribution in [1.29, 1.82) is 0 Å². The molecule has 1 N–H and O–H groups in total. The van der Waals surface area contributed by atoms with E-state index in [9.17, 15) is 14.4 Å². The third kappa shape index (κ3) is 5.97. The van der Waals surface area contributed by atoms with Crippen LogP contribution in [0.15, 0.2) is 21.7 Å². The van der Waals surface area contributed by atoms with Gasteiger partial charge in [-0.1, -0.05) is 12.8 Å². The summed E-state index contributed by atoms with van der Waals surface area (Å²) in [5.74, 6) is 0.111. The van der Waals surface area contributed by atoms with Gasteiger partial charge in [-0.3, -0.25) is 14.6 Å². The summed E-state index contributed by atoms with van der Waals surface area (Å²) in [6, 6.07) is 3.97. The summed E-state index contributed by atoms with van der Waals surface area (Å²) in [4.78, 5) is 49.0. The molecular formula is C24H33N5O4. The number of nitrogens with one attached hydrogen (secondary N) is 1. The quantitative estimate of drug-likeness (QED) is 0.315. The van der Waals surface area contributed by atoms with Gasteiger partial charge >= 0.3 is 11.7 Å². The van der Waals surface area contributed by atoms with Crippen molar-refractivity contribution in [3.8, 4) is 11.5 Å². The molecule has 1 aromatic carbocycles. The summed E-state index contributed by atoms with van der Waals surface area (Å²) in [7, 11) is 3.94. The summed E-state index contributed by atoms with van der Waals surface area (Å²) in [5, 5.41) is 0. The second-order valence-electron chi connectivity index (χ2n) is 9.58. The number of nitrogens with zero attached hydrogens (tertiary/aromatic N) is 4. The number of aromatic nitrogens is 4. The first kappa shape index (κ1) is 24.4. The zero-order valence-corrected chi connectivity index (χ0v) is 20.3. The summed E-state index contributed by atoms with van der Waals surface area (Å²) in [5.41, 5.74) is 2.05. The molecule has 2 aliphatic rings. The molecule has 2 aliphatic heterocycles. The maximum atomic E-state index is 12.4. The molecule has 0 aliphatic carbocycles. The van der Waals surface area contributed by atoms with Crippen molar-refractivity contribution in [1.82, 2.24) is 19.5 Å². The molecule has 0 saturated carbocycles.